The highest BCUT2D eigenvalue weighted by Gasteiger charge is 2.16. The second-order valence-corrected chi connectivity index (χ2v) is 9.31. The molecule has 6 nitrogen and oxygen atoms in total. The average molecular weight is 472 g/mol. The predicted octanol–water partition coefficient (Wildman–Crippen LogP) is 7.39. The van der Waals surface area contributed by atoms with E-state index in [1.54, 1.807) is 19.6 Å². The Kier molecular flexibility index (Phi) is 8.90. The molecule has 35 heavy (non-hydrogen) atoms. The molecular weight excluding hydrogens is 434 g/mol. The lowest BCUT2D eigenvalue weighted by molar-refractivity contribution is 0.416. The van der Waals surface area contributed by atoms with Crippen molar-refractivity contribution in [2.45, 2.75) is 46.0 Å². The normalized spacial score (nSPS) is 11.8. The monoisotopic (exact) mass is 471 g/mol. The van der Waals surface area contributed by atoms with Crippen LogP contribution in [0.3, 0.4) is 0 Å². The smallest absolute Gasteiger partial charge is 0.143 e. The maximum atomic E-state index is 5.58. The standard InChI is InChI=1S/C29H37N5O/c1-7-9-18-30-20-31-21-34(8-2)27-16-15-25(23-12-10-11-13-24(23)27)32-33-26-19-22(29(3,4)5)14-17-28(26)35-6/h8,10-20,32-33H,2,7,9,21H2,1,3-6H3/b30-18?,31-20-. The van der Waals surface area contributed by atoms with Gasteiger partial charge in [0.15, 0.2) is 0 Å². The fraction of sp³-hybridized carbons (Fsp3) is 0.310. The number of hydrogen-bond donors (Lipinski definition) is 2. The first-order chi connectivity index (χ1) is 16.9. The van der Waals surface area contributed by atoms with Gasteiger partial charge in [-0.1, -0.05) is 71.0 Å². The Balaban J connectivity index is 1.86. The molecule has 0 aromatic heterocycles. The Labute approximate surface area is 209 Å². The Hall–Kier alpha value is -3.80. The summed E-state index contributed by atoms with van der Waals surface area (Å²) in [7, 11) is 1.68. The van der Waals surface area contributed by atoms with Crippen molar-refractivity contribution in [1.29, 1.82) is 0 Å². The van der Waals surface area contributed by atoms with Crippen molar-refractivity contribution in [1.82, 2.24) is 0 Å². The van der Waals surface area contributed by atoms with Gasteiger partial charge in [0.05, 0.1) is 24.2 Å². The molecule has 0 heterocycles. The first-order valence-electron chi connectivity index (χ1n) is 12.0. The first kappa shape index (κ1) is 25.8. The number of benzene rings is 3. The van der Waals surface area contributed by atoms with Crippen molar-refractivity contribution in [3.8, 4) is 5.75 Å². The van der Waals surface area contributed by atoms with Crippen LogP contribution in [0, 0.1) is 0 Å². The second kappa shape index (κ2) is 12.1. The van der Waals surface area contributed by atoms with Crippen LogP contribution in [-0.2, 0) is 5.41 Å². The molecule has 0 fully saturated rings. The molecule has 3 rings (SSSR count). The van der Waals surface area contributed by atoms with E-state index in [1.165, 1.54) is 5.56 Å². The number of ether oxygens (including phenoxy) is 1. The number of nitrogens with zero attached hydrogens (tertiary/aromatic N) is 3. The van der Waals surface area contributed by atoms with E-state index in [0.29, 0.717) is 6.67 Å². The van der Waals surface area contributed by atoms with E-state index in [0.717, 1.165) is 46.4 Å². The second-order valence-electron chi connectivity index (χ2n) is 9.31. The summed E-state index contributed by atoms with van der Waals surface area (Å²) in [5.74, 6) is 0.781. The number of hydrazine groups is 1. The highest BCUT2D eigenvalue weighted by molar-refractivity contribution is 6.02. The summed E-state index contributed by atoms with van der Waals surface area (Å²) in [6.07, 6.45) is 7.32. The first-order valence-corrected chi connectivity index (χ1v) is 12.0. The van der Waals surface area contributed by atoms with Crippen molar-refractivity contribution in [3.05, 3.63) is 72.9 Å². The summed E-state index contributed by atoms with van der Waals surface area (Å²) in [6, 6.07) is 18.7. The summed E-state index contributed by atoms with van der Waals surface area (Å²) >= 11 is 0. The minimum atomic E-state index is 0.0367. The summed E-state index contributed by atoms with van der Waals surface area (Å²) in [5, 5.41) is 2.18. The van der Waals surface area contributed by atoms with Gasteiger partial charge in [-0.05, 0) is 47.9 Å². The summed E-state index contributed by atoms with van der Waals surface area (Å²) < 4.78 is 5.58. The van der Waals surface area contributed by atoms with Gasteiger partial charge in [0.25, 0.3) is 0 Å². The van der Waals surface area contributed by atoms with Gasteiger partial charge >= 0.3 is 0 Å². The van der Waals surface area contributed by atoms with Gasteiger partial charge in [-0.3, -0.25) is 10.4 Å². The fourth-order valence-corrected chi connectivity index (χ4v) is 3.70. The van der Waals surface area contributed by atoms with Gasteiger partial charge in [0.2, 0.25) is 0 Å². The number of unbranched alkanes of at least 4 members (excludes halogenated alkanes) is 1. The van der Waals surface area contributed by atoms with Crippen LogP contribution in [-0.4, -0.2) is 26.3 Å². The number of anilines is 3. The SMILES string of the molecule is C=CN(C/N=C\N=CCCC)c1ccc(NNc2cc(C(C)(C)C)ccc2OC)c2ccccc12. The number of nitrogens with one attached hydrogen (secondary N) is 2. The van der Waals surface area contributed by atoms with Gasteiger partial charge < -0.3 is 15.1 Å². The molecule has 0 aliphatic rings. The Morgan fingerprint density at radius 2 is 1.74 bits per heavy atom. The summed E-state index contributed by atoms with van der Waals surface area (Å²) in [5.41, 5.74) is 10.9. The molecule has 0 aliphatic heterocycles. The van der Waals surface area contributed by atoms with E-state index < -0.39 is 0 Å². The lowest BCUT2D eigenvalue weighted by Gasteiger charge is -2.23. The Bertz CT molecular complexity index is 1190. The van der Waals surface area contributed by atoms with E-state index in [9.17, 15) is 0 Å². The molecule has 0 radical (unpaired) electrons. The molecular formula is C29H37N5O. The van der Waals surface area contributed by atoms with Crippen molar-refractivity contribution >= 4 is 40.4 Å². The van der Waals surface area contributed by atoms with Crippen molar-refractivity contribution in [2.24, 2.45) is 9.98 Å². The molecule has 0 saturated heterocycles. The number of methoxy groups -OCH3 is 1. The quantitative estimate of drug-likeness (QED) is 0.174. The third kappa shape index (κ3) is 6.63. The van der Waals surface area contributed by atoms with Crippen molar-refractivity contribution < 1.29 is 4.74 Å². The van der Waals surface area contributed by atoms with Crippen LogP contribution in [0.4, 0.5) is 17.1 Å². The van der Waals surface area contributed by atoms with Crippen LogP contribution >= 0.6 is 0 Å². The predicted molar refractivity (Wildman–Crippen MR) is 152 cm³/mol. The van der Waals surface area contributed by atoms with Crippen LogP contribution in [0.15, 0.2) is 77.4 Å². The summed E-state index contributed by atoms with van der Waals surface area (Å²) in [6.45, 7) is 13.2. The van der Waals surface area contributed by atoms with E-state index >= 15 is 0 Å². The number of aliphatic imine (C=N–C) groups is 2. The lowest BCUT2D eigenvalue weighted by atomic mass is 9.87. The molecule has 0 atom stereocenters. The molecule has 0 saturated carbocycles. The largest absolute Gasteiger partial charge is 0.495 e. The molecule has 3 aromatic carbocycles. The van der Waals surface area contributed by atoms with Gasteiger partial charge in [0.1, 0.15) is 18.8 Å². The van der Waals surface area contributed by atoms with E-state index in [1.807, 2.05) is 29.3 Å². The zero-order valence-corrected chi connectivity index (χ0v) is 21.5. The van der Waals surface area contributed by atoms with Crippen LogP contribution < -0.4 is 20.5 Å². The summed E-state index contributed by atoms with van der Waals surface area (Å²) in [4.78, 5) is 10.7. The molecule has 3 aromatic rings. The number of fused-ring (bicyclic) bond motifs is 1. The van der Waals surface area contributed by atoms with Crippen LogP contribution in [0.5, 0.6) is 5.75 Å². The molecule has 0 spiro atoms. The van der Waals surface area contributed by atoms with Gasteiger partial charge in [-0.25, -0.2) is 4.99 Å². The maximum Gasteiger partial charge on any atom is 0.143 e. The third-order valence-electron chi connectivity index (χ3n) is 5.73. The van der Waals surface area contributed by atoms with Gasteiger partial charge in [0, 0.05) is 17.0 Å². The number of rotatable bonds is 11. The molecule has 0 unspecified atom stereocenters. The minimum Gasteiger partial charge on any atom is -0.495 e. The van der Waals surface area contributed by atoms with E-state index in [4.69, 9.17) is 4.74 Å². The zero-order valence-electron chi connectivity index (χ0n) is 21.5. The van der Waals surface area contributed by atoms with E-state index in [2.05, 4.69) is 91.5 Å². The van der Waals surface area contributed by atoms with Crippen molar-refractivity contribution in [2.75, 3.05) is 29.5 Å². The van der Waals surface area contributed by atoms with Crippen molar-refractivity contribution in [3.63, 3.8) is 0 Å². The lowest BCUT2D eigenvalue weighted by Crippen LogP contribution is -2.17. The van der Waals surface area contributed by atoms with Crippen LogP contribution in [0.2, 0.25) is 0 Å². The molecule has 0 amide bonds. The molecule has 0 aliphatic carbocycles. The zero-order chi connectivity index (χ0) is 25.3. The minimum absolute atomic E-state index is 0.0367. The fourth-order valence-electron chi connectivity index (χ4n) is 3.70. The van der Waals surface area contributed by atoms with Crippen LogP contribution in [0.25, 0.3) is 10.8 Å². The molecule has 2 N–H and O–H groups in total. The highest BCUT2D eigenvalue weighted by Crippen LogP contribution is 2.34. The highest BCUT2D eigenvalue weighted by atomic mass is 16.5. The van der Waals surface area contributed by atoms with Gasteiger partial charge in [-0.15, -0.1) is 0 Å². The molecule has 0 bridgehead atoms. The van der Waals surface area contributed by atoms with Gasteiger partial charge in [-0.2, -0.15) is 0 Å². The Morgan fingerprint density at radius 1 is 1.00 bits per heavy atom. The van der Waals surface area contributed by atoms with E-state index in [-0.39, 0.29) is 5.41 Å². The molecule has 184 valence electrons. The number of hydrogen-bond acceptors (Lipinski definition) is 5. The third-order valence-corrected chi connectivity index (χ3v) is 5.73. The molecule has 6 heteroatoms. The topological polar surface area (TPSA) is 61.2 Å². The maximum absolute atomic E-state index is 5.58. The Morgan fingerprint density at radius 3 is 2.43 bits per heavy atom. The van der Waals surface area contributed by atoms with Crippen LogP contribution in [0.1, 0.15) is 46.1 Å². The average Bonchev–Trinajstić information content (AvgIpc) is 2.86.